The Kier molecular flexibility index (Phi) is 4.72. The van der Waals surface area contributed by atoms with Crippen LogP contribution in [-0.2, 0) is 0 Å². The minimum atomic E-state index is -0.386. The Hall–Kier alpha value is -3.36. The molecule has 0 aliphatic carbocycles. The van der Waals surface area contributed by atoms with Crippen LogP contribution in [0.4, 0.5) is 5.82 Å². The Morgan fingerprint density at radius 1 is 1.04 bits per heavy atom. The van der Waals surface area contributed by atoms with Crippen molar-refractivity contribution in [1.82, 2.24) is 25.2 Å². The molecule has 28 heavy (non-hydrogen) atoms. The van der Waals surface area contributed by atoms with Gasteiger partial charge in [-0.2, -0.15) is 5.10 Å². The lowest BCUT2D eigenvalue weighted by Crippen LogP contribution is -2.29. The number of phenolic OH excluding ortho intramolecular Hbond substituents is 1. The Bertz CT molecular complexity index is 1180. The van der Waals surface area contributed by atoms with Crippen molar-refractivity contribution < 1.29 is 9.90 Å². The fourth-order valence-electron chi connectivity index (χ4n) is 2.55. The third kappa shape index (κ3) is 3.42. The van der Waals surface area contributed by atoms with E-state index in [0.717, 1.165) is 0 Å². The number of aromatic hydroxyl groups is 1. The summed E-state index contributed by atoms with van der Waals surface area (Å²) in [7, 11) is 0. The molecule has 3 N–H and O–H groups in total. The molecule has 8 nitrogen and oxygen atoms in total. The lowest BCUT2D eigenvalue weighted by molar-refractivity contribution is 0.0962. The molecule has 0 spiro atoms. The van der Waals surface area contributed by atoms with E-state index in [1.54, 1.807) is 29.1 Å². The normalized spacial score (nSPS) is 10.8. The van der Waals surface area contributed by atoms with Gasteiger partial charge in [-0.3, -0.25) is 15.6 Å². The molecule has 0 unspecified atom stereocenters. The number of nitrogens with one attached hydrogen (secondary N) is 2. The molecule has 140 valence electrons. The van der Waals surface area contributed by atoms with Gasteiger partial charge in [-0.15, -0.1) is 0 Å². The molecule has 0 radical (unpaired) electrons. The lowest BCUT2D eigenvalue weighted by Gasteiger charge is -2.09. The zero-order chi connectivity index (χ0) is 19.7. The minimum absolute atomic E-state index is 0.0803. The van der Waals surface area contributed by atoms with Crippen LogP contribution in [0.1, 0.15) is 10.4 Å². The van der Waals surface area contributed by atoms with Gasteiger partial charge in [0, 0.05) is 5.56 Å². The standard InChI is InChI=1S/C18H12Cl2N6O2/c19-14-6-3-11(7-15(14)20)26-17-13(8-23-26)16(21-9-22-17)24-25-18(28)10-1-4-12(27)5-2-10/h1-9,27H,(H,25,28)(H,21,22,24). The maximum Gasteiger partial charge on any atom is 0.269 e. The third-order valence-corrected chi connectivity index (χ3v) is 4.68. The van der Waals surface area contributed by atoms with Gasteiger partial charge in [0.15, 0.2) is 11.5 Å². The average molecular weight is 415 g/mol. The van der Waals surface area contributed by atoms with Crippen LogP contribution in [0.15, 0.2) is 55.0 Å². The summed E-state index contributed by atoms with van der Waals surface area (Å²) in [6.07, 6.45) is 2.93. The highest BCUT2D eigenvalue weighted by molar-refractivity contribution is 6.42. The van der Waals surface area contributed by atoms with E-state index in [9.17, 15) is 9.90 Å². The van der Waals surface area contributed by atoms with Gasteiger partial charge in [0.1, 0.15) is 12.1 Å². The zero-order valence-corrected chi connectivity index (χ0v) is 15.6. The molecule has 0 bridgehead atoms. The minimum Gasteiger partial charge on any atom is -0.508 e. The number of amides is 1. The van der Waals surface area contributed by atoms with Gasteiger partial charge in [-0.1, -0.05) is 23.2 Å². The molecule has 0 aliphatic heterocycles. The van der Waals surface area contributed by atoms with Crippen LogP contribution in [0, 0.1) is 0 Å². The van der Waals surface area contributed by atoms with E-state index in [1.165, 1.54) is 30.6 Å². The fraction of sp³-hybridized carbons (Fsp3) is 0. The molecular weight excluding hydrogens is 403 g/mol. The molecule has 0 saturated carbocycles. The van der Waals surface area contributed by atoms with E-state index < -0.39 is 0 Å². The van der Waals surface area contributed by atoms with Crippen molar-refractivity contribution in [2.45, 2.75) is 0 Å². The van der Waals surface area contributed by atoms with E-state index in [0.29, 0.717) is 38.1 Å². The van der Waals surface area contributed by atoms with E-state index in [1.807, 2.05) is 0 Å². The number of fused-ring (bicyclic) bond motifs is 1. The number of carbonyl (C=O) groups is 1. The predicted octanol–water partition coefficient (Wildman–Crippen LogP) is 3.58. The fourth-order valence-corrected chi connectivity index (χ4v) is 2.84. The van der Waals surface area contributed by atoms with Gasteiger partial charge in [-0.25, -0.2) is 14.6 Å². The van der Waals surface area contributed by atoms with Crippen molar-refractivity contribution in [2.75, 3.05) is 5.43 Å². The summed E-state index contributed by atoms with van der Waals surface area (Å²) in [5.74, 6) is 0.0730. The van der Waals surface area contributed by atoms with Crippen molar-refractivity contribution in [3.05, 3.63) is 70.6 Å². The number of benzene rings is 2. The number of anilines is 1. The molecule has 2 aromatic carbocycles. The molecule has 0 fully saturated rings. The summed E-state index contributed by atoms with van der Waals surface area (Å²) in [5, 5.41) is 15.1. The Labute approximate surface area is 168 Å². The first-order valence-corrected chi connectivity index (χ1v) is 8.78. The Morgan fingerprint density at radius 2 is 1.82 bits per heavy atom. The number of phenols is 1. The molecule has 2 heterocycles. The molecular formula is C18H12Cl2N6O2. The van der Waals surface area contributed by atoms with E-state index in [4.69, 9.17) is 23.2 Å². The van der Waals surface area contributed by atoms with Crippen LogP contribution in [0.25, 0.3) is 16.7 Å². The molecule has 0 atom stereocenters. The SMILES string of the molecule is O=C(NNc1ncnc2c1cnn2-c1ccc(Cl)c(Cl)c1)c1ccc(O)cc1. The van der Waals surface area contributed by atoms with E-state index >= 15 is 0 Å². The second kappa shape index (κ2) is 7.34. The van der Waals surface area contributed by atoms with Crippen LogP contribution in [0.3, 0.4) is 0 Å². The molecule has 1 amide bonds. The predicted molar refractivity (Wildman–Crippen MR) is 106 cm³/mol. The van der Waals surface area contributed by atoms with Crippen molar-refractivity contribution in [3.8, 4) is 11.4 Å². The maximum absolute atomic E-state index is 12.2. The van der Waals surface area contributed by atoms with Crippen LogP contribution < -0.4 is 10.9 Å². The quantitative estimate of drug-likeness (QED) is 0.440. The number of aromatic nitrogens is 4. The second-order valence-electron chi connectivity index (χ2n) is 5.74. The summed E-state index contributed by atoms with van der Waals surface area (Å²) in [5.41, 5.74) is 6.91. The first-order valence-electron chi connectivity index (χ1n) is 8.02. The van der Waals surface area contributed by atoms with Gasteiger partial charge >= 0.3 is 0 Å². The lowest BCUT2D eigenvalue weighted by atomic mass is 10.2. The van der Waals surface area contributed by atoms with E-state index in [2.05, 4.69) is 25.9 Å². The van der Waals surface area contributed by atoms with Crippen molar-refractivity contribution in [3.63, 3.8) is 0 Å². The maximum atomic E-state index is 12.2. The van der Waals surface area contributed by atoms with Gasteiger partial charge < -0.3 is 5.11 Å². The van der Waals surface area contributed by atoms with Gasteiger partial charge in [0.05, 0.1) is 27.3 Å². The third-order valence-electron chi connectivity index (χ3n) is 3.94. The molecule has 10 heteroatoms. The number of hydrogen-bond acceptors (Lipinski definition) is 6. The largest absolute Gasteiger partial charge is 0.508 e. The number of rotatable bonds is 4. The molecule has 4 rings (SSSR count). The van der Waals surface area contributed by atoms with Crippen LogP contribution in [0.5, 0.6) is 5.75 Å². The first kappa shape index (κ1) is 18.0. The molecule has 0 saturated heterocycles. The summed E-state index contributed by atoms with van der Waals surface area (Å²) in [4.78, 5) is 20.6. The van der Waals surface area contributed by atoms with Crippen LogP contribution >= 0.6 is 23.2 Å². The van der Waals surface area contributed by atoms with Crippen LogP contribution in [0.2, 0.25) is 10.0 Å². The van der Waals surface area contributed by atoms with E-state index in [-0.39, 0.29) is 11.7 Å². The van der Waals surface area contributed by atoms with Gasteiger partial charge in [0.2, 0.25) is 0 Å². The van der Waals surface area contributed by atoms with Crippen molar-refractivity contribution in [2.24, 2.45) is 0 Å². The number of hydrazine groups is 1. The van der Waals surface area contributed by atoms with Crippen molar-refractivity contribution >= 4 is 46.0 Å². The monoisotopic (exact) mass is 414 g/mol. The Balaban J connectivity index is 1.60. The number of nitrogens with zero attached hydrogens (tertiary/aromatic N) is 4. The van der Waals surface area contributed by atoms with Gasteiger partial charge in [-0.05, 0) is 42.5 Å². The highest BCUT2D eigenvalue weighted by atomic mass is 35.5. The van der Waals surface area contributed by atoms with Crippen LogP contribution in [-0.4, -0.2) is 30.8 Å². The highest BCUT2D eigenvalue weighted by Gasteiger charge is 2.13. The number of halogens is 2. The molecule has 0 aliphatic rings. The highest BCUT2D eigenvalue weighted by Crippen LogP contribution is 2.27. The topological polar surface area (TPSA) is 105 Å². The molecule has 4 aromatic rings. The zero-order valence-electron chi connectivity index (χ0n) is 14.1. The smallest absolute Gasteiger partial charge is 0.269 e. The summed E-state index contributed by atoms with van der Waals surface area (Å²) in [6.45, 7) is 0. The van der Waals surface area contributed by atoms with Gasteiger partial charge in [0.25, 0.3) is 5.91 Å². The van der Waals surface area contributed by atoms with Crippen molar-refractivity contribution in [1.29, 1.82) is 0 Å². The first-order chi connectivity index (χ1) is 13.5. The summed E-state index contributed by atoms with van der Waals surface area (Å²) in [6, 6.07) is 11.0. The Morgan fingerprint density at radius 3 is 2.57 bits per heavy atom. The summed E-state index contributed by atoms with van der Waals surface area (Å²) >= 11 is 12.0. The summed E-state index contributed by atoms with van der Waals surface area (Å²) < 4.78 is 1.59. The molecule has 2 aromatic heterocycles. The number of carbonyl (C=O) groups excluding carboxylic acids is 1. The second-order valence-corrected chi connectivity index (χ2v) is 6.55. The average Bonchev–Trinajstić information content (AvgIpc) is 3.13. The number of hydrogen-bond donors (Lipinski definition) is 3.